The zero-order valence-electron chi connectivity index (χ0n) is 7.67. The predicted octanol–water partition coefficient (Wildman–Crippen LogP) is 1.24. The van der Waals surface area contributed by atoms with Gasteiger partial charge in [-0.25, -0.2) is 5.01 Å². The third-order valence-electron chi connectivity index (χ3n) is 3.28. The zero-order chi connectivity index (χ0) is 8.01. The Morgan fingerprint density at radius 3 is 2.36 bits per heavy atom. The normalized spacial score (nSPS) is 44.2. The molecule has 1 N–H and O–H groups in total. The van der Waals surface area contributed by atoms with E-state index in [2.05, 4.69) is 31.3 Å². The summed E-state index contributed by atoms with van der Waals surface area (Å²) in [4.78, 5) is 0. The summed E-state index contributed by atoms with van der Waals surface area (Å²) in [6, 6.07) is 1.58. The first-order valence-corrected chi connectivity index (χ1v) is 4.67. The molecule has 0 aromatic heterocycles. The second-order valence-electron chi connectivity index (χ2n) is 4.40. The molecule has 2 aliphatic heterocycles. The Balaban J connectivity index is 2.01. The smallest absolute Gasteiger partial charge is 0.0267 e. The fourth-order valence-corrected chi connectivity index (χ4v) is 2.38. The van der Waals surface area contributed by atoms with Crippen molar-refractivity contribution < 1.29 is 0 Å². The number of hydrogen-bond donors (Lipinski definition) is 1. The molecule has 1 atom stereocenters. The van der Waals surface area contributed by atoms with Crippen molar-refractivity contribution in [3.8, 4) is 0 Å². The number of fused-ring (bicyclic) bond motifs is 2. The summed E-state index contributed by atoms with van der Waals surface area (Å²) < 4.78 is 0. The largest absolute Gasteiger partial charge is 0.252 e. The van der Waals surface area contributed by atoms with Crippen LogP contribution in [0.4, 0.5) is 0 Å². The first-order chi connectivity index (χ1) is 5.18. The summed E-state index contributed by atoms with van der Waals surface area (Å²) in [7, 11) is 2.18. The molecule has 0 aromatic carbocycles. The molecule has 0 spiro atoms. The molecule has 0 aromatic rings. The molecule has 2 heteroatoms. The van der Waals surface area contributed by atoms with Crippen LogP contribution in [0.15, 0.2) is 0 Å². The zero-order valence-corrected chi connectivity index (χ0v) is 7.67. The van der Waals surface area contributed by atoms with Gasteiger partial charge in [0.05, 0.1) is 0 Å². The first kappa shape index (κ1) is 7.56. The van der Waals surface area contributed by atoms with E-state index in [1.165, 1.54) is 12.8 Å². The second-order valence-corrected chi connectivity index (χ2v) is 4.40. The van der Waals surface area contributed by atoms with Gasteiger partial charge in [0.1, 0.15) is 0 Å². The maximum absolute atomic E-state index is 3.55. The van der Waals surface area contributed by atoms with E-state index in [0.29, 0.717) is 0 Å². The van der Waals surface area contributed by atoms with Gasteiger partial charge in [0.25, 0.3) is 0 Å². The van der Waals surface area contributed by atoms with Crippen LogP contribution < -0.4 is 5.43 Å². The van der Waals surface area contributed by atoms with E-state index in [9.17, 15) is 0 Å². The van der Waals surface area contributed by atoms with Crippen LogP contribution >= 0.6 is 0 Å². The van der Waals surface area contributed by atoms with Crippen LogP contribution in [0, 0.1) is 11.8 Å². The Labute approximate surface area is 68.9 Å². The van der Waals surface area contributed by atoms with Crippen LogP contribution in [0.5, 0.6) is 0 Å². The van der Waals surface area contributed by atoms with Gasteiger partial charge in [-0.05, 0) is 24.7 Å². The maximum atomic E-state index is 3.55. The fraction of sp³-hybridized carbons (Fsp3) is 1.00. The summed E-state index contributed by atoms with van der Waals surface area (Å²) in [5.41, 5.74) is 3.55. The highest BCUT2D eigenvalue weighted by Crippen LogP contribution is 2.39. The average molecular weight is 154 g/mol. The third kappa shape index (κ3) is 1.09. The van der Waals surface area contributed by atoms with Crippen LogP contribution in [0.1, 0.15) is 26.7 Å². The summed E-state index contributed by atoms with van der Waals surface area (Å²) >= 11 is 0. The lowest BCUT2D eigenvalue weighted by atomic mass is 9.70. The van der Waals surface area contributed by atoms with E-state index < -0.39 is 0 Å². The van der Waals surface area contributed by atoms with E-state index in [4.69, 9.17) is 0 Å². The molecule has 2 nitrogen and oxygen atoms in total. The van der Waals surface area contributed by atoms with Gasteiger partial charge in [-0.2, -0.15) is 0 Å². The first-order valence-electron chi connectivity index (χ1n) is 4.67. The van der Waals surface area contributed by atoms with Crippen molar-refractivity contribution in [2.24, 2.45) is 11.8 Å². The Hall–Kier alpha value is -0.0800. The van der Waals surface area contributed by atoms with Crippen LogP contribution in [-0.4, -0.2) is 24.1 Å². The molecule has 1 unspecified atom stereocenters. The van der Waals surface area contributed by atoms with Crippen molar-refractivity contribution in [3.05, 3.63) is 0 Å². The fourth-order valence-electron chi connectivity index (χ4n) is 2.38. The standard InChI is InChI=1S/C9H18N2/c1-6(2)9-7-4-8(5-7)11(3)10-9/h6-10H,4-5H2,1-3H3. The molecule has 3 fully saturated rings. The Kier molecular flexibility index (Phi) is 1.69. The van der Waals surface area contributed by atoms with Gasteiger partial charge in [-0.3, -0.25) is 5.43 Å². The minimum absolute atomic E-state index is 0.741. The lowest BCUT2D eigenvalue weighted by Gasteiger charge is -2.54. The van der Waals surface area contributed by atoms with E-state index in [1.54, 1.807) is 0 Å². The second kappa shape index (κ2) is 2.46. The van der Waals surface area contributed by atoms with Gasteiger partial charge in [-0.15, -0.1) is 0 Å². The van der Waals surface area contributed by atoms with Crippen LogP contribution in [-0.2, 0) is 0 Å². The summed E-state index contributed by atoms with van der Waals surface area (Å²) in [5.74, 6) is 1.75. The molecule has 3 rings (SSSR count). The predicted molar refractivity (Wildman–Crippen MR) is 46.0 cm³/mol. The molecule has 1 saturated carbocycles. The molecule has 0 radical (unpaired) electrons. The minimum atomic E-state index is 0.741. The van der Waals surface area contributed by atoms with Crippen molar-refractivity contribution in [2.75, 3.05) is 7.05 Å². The van der Waals surface area contributed by atoms with Crippen molar-refractivity contribution in [1.29, 1.82) is 0 Å². The minimum Gasteiger partial charge on any atom is -0.252 e. The maximum Gasteiger partial charge on any atom is 0.0267 e. The van der Waals surface area contributed by atoms with E-state index in [-0.39, 0.29) is 0 Å². The van der Waals surface area contributed by atoms with Gasteiger partial charge in [0, 0.05) is 19.1 Å². The molecule has 2 saturated heterocycles. The highest BCUT2D eigenvalue weighted by molar-refractivity contribution is 4.97. The Bertz CT molecular complexity index is 150. The summed E-state index contributed by atoms with van der Waals surface area (Å²) in [5, 5.41) is 2.31. The number of nitrogens with one attached hydrogen (secondary N) is 1. The van der Waals surface area contributed by atoms with Gasteiger partial charge >= 0.3 is 0 Å². The van der Waals surface area contributed by atoms with Gasteiger partial charge in [0.2, 0.25) is 0 Å². The van der Waals surface area contributed by atoms with Gasteiger partial charge in [-0.1, -0.05) is 13.8 Å². The van der Waals surface area contributed by atoms with E-state index in [0.717, 1.165) is 23.9 Å². The number of hydrogen-bond acceptors (Lipinski definition) is 2. The molecule has 1 aliphatic carbocycles. The highest BCUT2D eigenvalue weighted by Gasteiger charge is 2.43. The number of hydrazine groups is 1. The van der Waals surface area contributed by atoms with Crippen LogP contribution in [0.25, 0.3) is 0 Å². The van der Waals surface area contributed by atoms with E-state index in [1.807, 2.05) is 0 Å². The number of nitrogens with zero attached hydrogens (tertiary/aromatic N) is 1. The summed E-state index contributed by atoms with van der Waals surface area (Å²) in [6.07, 6.45) is 2.85. The average Bonchev–Trinajstić information content (AvgIpc) is 1.83. The molecule has 2 bridgehead atoms. The Morgan fingerprint density at radius 2 is 2.00 bits per heavy atom. The molecule has 3 aliphatic rings. The molecule has 2 heterocycles. The molecular weight excluding hydrogens is 136 g/mol. The van der Waals surface area contributed by atoms with Crippen molar-refractivity contribution >= 4 is 0 Å². The number of rotatable bonds is 1. The highest BCUT2D eigenvalue weighted by atomic mass is 15.5. The SMILES string of the molecule is CC(C)C1NN(C)C2CC1C2. The molecule has 0 amide bonds. The van der Waals surface area contributed by atoms with Crippen molar-refractivity contribution in [3.63, 3.8) is 0 Å². The third-order valence-corrected chi connectivity index (χ3v) is 3.28. The Morgan fingerprint density at radius 1 is 1.36 bits per heavy atom. The lowest BCUT2D eigenvalue weighted by Crippen LogP contribution is -2.65. The van der Waals surface area contributed by atoms with Crippen molar-refractivity contribution in [1.82, 2.24) is 10.4 Å². The molecular formula is C9H18N2. The van der Waals surface area contributed by atoms with Crippen molar-refractivity contribution in [2.45, 2.75) is 38.8 Å². The van der Waals surface area contributed by atoms with E-state index >= 15 is 0 Å². The van der Waals surface area contributed by atoms with Crippen LogP contribution in [0.3, 0.4) is 0 Å². The summed E-state index contributed by atoms with van der Waals surface area (Å²) in [6.45, 7) is 4.62. The quantitative estimate of drug-likeness (QED) is 0.611. The van der Waals surface area contributed by atoms with Gasteiger partial charge in [0.15, 0.2) is 0 Å². The molecule has 11 heavy (non-hydrogen) atoms. The monoisotopic (exact) mass is 154 g/mol. The topological polar surface area (TPSA) is 15.3 Å². The van der Waals surface area contributed by atoms with Crippen LogP contribution in [0.2, 0.25) is 0 Å². The lowest BCUT2D eigenvalue weighted by molar-refractivity contribution is -0.0601. The molecule has 64 valence electrons. The van der Waals surface area contributed by atoms with Gasteiger partial charge < -0.3 is 0 Å².